The van der Waals surface area contributed by atoms with Gasteiger partial charge in [-0.2, -0.15) is 0 Å². The zero-order valence-corrected chi connectivity index (χ0v) is 17.9. The molecule has 7 heteroatoms. The highest BCUT2D eigenvalue weighted by atomic mass is 32.1. The molecule has 0 spiro atoms. The summed E-state index contributed by atoms with van der Waals surface area (Å²) in [5, 5.41) is 2.65. The molecule has 1 heterocycles. The second kappa shape index (κ2) is 10.7. The number of carbonyl (C=O) groups excluding carboxylic acids is 3. The highest BCUT2D eigenvalue weighted by molar-refractivity contribution is 7.14. The molecule has 0 saturated carbocycles. The lowest BCUT2D eigenvalue weighted by molar-refractivity contribution is -0.122. The Balaban J connectivity index is 1.36. The van der Waals surface area contributed by atoms with Gasteiger partial charge in [0, 0.05) is 23.9 Å². The number of benzene rings is 1. The first-order chi connectivity index (χ1) is 14.5. The van der Waals surface area contributed by atoms with Crippen molar-refractivity contribution in [3.63, 3.8) is 0 Å². The molecule has 3 amide bonds. The maximum atomic E-state index is 12.3. The molecule has 0 radical (unpaired) electrons. The summed E-state index contributed by atoms with van der Waals surface area (Å²) < 4.78 is 0. The maximum Gasteiger partial charge on any atom is 0.279 e. The third-order valence-electron chi connectivity index (χ3n) is 5.18. The zero-order valence-electron chi connectivity index (χ0n) is 17.1. The van der Waals surface area contributed by atoms with Gasteiger partial charge in [-0.05, 0) is 48.4 Å². The predicted molar refractivity (Wildman–Crippen MR) is 119 cm³/mol. The van der Waals surface area contributed by atoms with Crippen molar-refractivity contribution in [2.45, 2.75) is 39.0 Å². The highest BCUT2D eigenvalue weighted by Crippen LogP contribution is 2.33. The lowest BCUT2D eigenvalue weighted by atomic mass is 9.87. The standard InChI is InChI=1S/C23H27N3O3S/c1-2-16-8-10-19-18(14-16)15-20(30-19)23(29)26-25-22(28)12-13-24-21(27)11-9-17-6-4-3-5-7-17/h3-7,9,11,15-16H,2,8,10,12-14H2,1H3,(H,24,27)(H,25,28)(H,26,29)/b11-9+/t16-/m0/s1. The molecule has 1 aromatic heterocycles. The first-order valence-corrected chi connectivity index (χ1v) is 11.1. The number of fused-ring (bicyclic) bond motifs is 1. The minimum absolute atomic E-state index is 0.0737. The van der Waals surface area contributed by atoms with E-state index in [0.29, 0.717) is 10.8 Å². The van der Waals surface area contributed by atoms with Crippen molar-refractivity contribution in [2.24, 2.45) is 5.92 Å². The molecule has 1 aromatic carbocycles. The van der Waals surface area contributed by atoms with Crippen LogP contribution in [0.1, 0.15) is 51.9 Å². The van der Waals surface area contributed by atoms with Crippen LogP contribution in [0.15, 0.2) is 42.5 Å². The molecule has 3 rings (SSSR count). The van der Waals surface area contributed by atoms with Crippen LogP contribution >= 0.6 is 11.3 Å². The van der Waals surface area contributed by atoms with Crippen molar-refractivity contribution < 1.29 is 14.4 Å². The summed E-state index contributed by atoms with van der Waals surface area (Å²) in [6, 6.07) is 11.4. The Morgan fingerprint density at radius 3 is 2.73 bits per heavy atom. The van der Waals surface area contributed by atoms with E-state index in [1.54, 1.807) is 6.08 Å². The SMILES string of the molecule is CC[C@H]1CCc2sc(C(=O)NNC(=O)CCNC(=O)/C=C/c3ccccc3)cc2C1. The summed E-state index contributed by atoms with van der Waals surface area (Å²) in [5.74, 6) is -0.237. The van der Waals surface area contributed by atoms with Crippen LogP contribution in [-0.4, -0.2) is 24.3 Å². The van der Waals surface area contributed by atoms with E-state index < -0.39 is 0 Å². The van der Waals surface area contributed by atoms with Crippen molar-refractivity contribution in [1.82, 2.24) is 16.2 Å². The topological polar surface area (TPSA) is 87.3 Å². The minimum Gasteiger partial charge on any atom is -0.352 e. The smallest absolute Gasteiger partial charge is 0.279 e. The van der Waals surface area contributed by atoms with Crippen molar-refractivity contribution in [3.05, 3.63) is 63.4 Å². The van der Waals surface area contributed by atoms with E-state index in [1.807, 2.05) is 36.4 Å². The summed E-state index contributed by atoms with van der Waals surface area (Å²) in [6.45, 7) is 2.39. The third-order valence-corrected chi connectivity index (χ3v) is 6.42. The summed E-state index contributed by atoms with van der Waals surface area (Å²) >= 11 is 1.51. The summed E-state index contributed by atoms with van der Waals surface area (Å²) in [4.78, 5) is 37.9. The van der Waals surface area contributed by atoms with Gasteiger partial charge in [-0.3, -0.25) is 25.2 Å². The Kier molecular flexibility index (Phi) is 7.79. The average molecular weight is 426 g/mol. The molecule has 0 saturated heterocycles. The molecule has 0 aliphatic heterocycles. The largest absolute Gasteiger partial charge is 0.352 e. The van der Waals surface area contributed by atoms with Gasteiger partial charge in [0.05, 0.1) is 4.88 Å². The second-order valence-corrected chi connectivity index (χ2v) is 8.50. The highest BCUT2D eigenvalue weighted by Gasteiger charge is 2.22. The van der Waals surface area contributed by atoms with Crippen LogP contribution in [0, 0.1) is 5.92 Å². The first-order valence-electron chi connectivity index (χ1n) is 10.3. The fourth-order valence-electron chi connectivity index (χ4n) is 3.40. The molecular weight excluding hydrogens is 398 g/mol. The maximum absolute atomic E-state index is 12.3. The van der Waals surface area contributed by atoms with Gasteiger partial charge in [0.25, 0.3) is 5.91 Å². The van der Waals surface area contributed by atoms with Crippen LogP contribution in [0.3, 0.4) is 0 Å². The van der Waals surface area contributed by atoms with Crippen LogP contribution in [-0.2, 0) is 22.4 Å². The molecule has 158 valence electrons. The van der Waals surface area contributed by atoms with Gasteiger partial charge < -0.3 is 5.32 Å². The number of nitrogens with one attached hydrogen (secondary N) is 3. The Hall–Kier alpha value is -2.93. The van der Waals surface area contributed by atoms with Crippen molar-refractivity contribution >= 4 is 35.1 Å². The van der Waals surface area contributed by atoms with Crippen molar-refractivity contribution in [2.75, 3.05) is 6.54 Å². The number of thiophene rings is 1. The summed E-state index contributed by atoms with van der Waals surface area (Å²) in [6.07, 6.45) is 7.59. The number of carbonyl (C=O) groups is 3. The van der Waals surface area contributed by atoms with Gasteiger partial charge in [-0.1, -0.05) is 43.7 Å². The Labute approximate surface area is 180 Å². The Bertz CT molecular complexity index is 921. The van der Waals surface area contributed by atoms with Gasteiger partial charge >= 0.3 is 0 Å². The number of aryl methyl sites for hydroxylation is 1. The lowest BCUT2D eigenvalue weighted by Crippen LogP contribution is -2.42. The van der Waals surface area contributed by atoms with E-state index in [2.05, 4.69) is 23.1 Å². The van der Waals surface area contributed by atoms with Crippen LogP contribution in [0.2, 0.25) is 0 Å². The normalized spacial score (nSPS) is 15.4. The predicted octanol–water partition coefficient (Wildman–Crippen LogP) is 3.24. The van der Waals surface area contributed by atoms with Crippen LogP contribution in [0.5, 0.6) is 0 Å². The molecule has 0 fully saturated rings. The van der Waals surface area contributed by atoms with E-state index in [4.69, 9.17) is 0 Å². The van der Waals surface area contributed by atoms with Crippen LogP contribution in [0.4, 0.5) is 0 Å². The zero-order chi connectivity index (χ0) is 21.3. The molecular formula is C23H27N3O3S. The van der Waals surface area contributed by atoms with Crippen molar-refractivity contribution in [1.29, 1.82) is 0 Å². The summed E-state index contributed by atoms with van der Waals surface area (Å²) in [5.41, 5.74) is 7.06. The van der Waals surface area contributed by atoms with Crippen molar-refractivity contribution in [3.8, 4) is 0 Å². The van der Waals surface area contributed by atoms with E-state index in [-0.39, 0.29) is 30.7 Å². The molecule has 1 aliphatic rings. The first kappa shape index (κ1) is 21.8. The van der Waals surface area contributed by atoms with E-state index in [1.165, 1.54) is 34.3 Å². The second-order valence-electron chi connectivity index (χ2n) is 7.36. The number of amides is 3. The van der Waals surface area contributed by atoms with Gasteiger partial charge in [-0.15, -0.1) is 11.3 Å². The molecule has 0 unspecified atom stereocenters. The van der Waals surface area contributed by atoms with Crippen LogP contribution < -0.4 is 16.2 Å². The van der Waals surface area contributed by atoms with Gasteiger partial charge in [0.15, 0.2) is 0 Å². The Morgan fingerprint density at radius 1 is 1.17 bits per heavy atom. The summed E-state index contributed by atoms with van der Waals surface area (Å²) in [7, 11) is 0. The minimum atomic E-state index is -0.358. The molecule has 3 N–H and O–H groups in total. The molecule has 30 heavy (non-hydrogen) atoms. The molecule has 6 nitrogen and oxygen atoms in total. The number of hydrazine groups is 1. The lowest BCUT2D eigenvalue weighted by Gasteiger charge is -2.19. The molecule has 1 aliphatic carbocycles. The number of hydrogen-bond donors (Lipinski definition) is 3. The number of rotatable bonds is 7. The fourth-order valence-corrected chi connectivity index (χ4v) is 4.51. The van der Waals surface area contributed by atoms with E-state index in [0.717, 1.165) is 24.8 Å². The quantitative estimate of drug-likeness (QED) is 0.470. The van der Waals surface area contributed by atoms with E-state index in [9.17, 15) is 14.4 Å². The molecule has 0 bridgehead atoms. The number of hydrogen-bond acceptors (Lipinski definition) is 4. The monoisotopic (exact) mass is 425 g/mol. The molecule has 2 aromatic rings. The van der Waals surface area contributed by atoms with Gasteiger partial charge in [0.1, 0.15) is 0 Å². The molecule has 1 atom stereocenters. The van der Waals surface area contributed by atoms with E-state index >= 15 is 0 Å². The Morgan fingerprint density at radius 2 is 1.97 bits per heavy atom. The fraction of sp³-hybridized carbons (Fsp3) is 0.348. The van der Waals surface area contributed by atoms with Gasteiger partial charge in [-0.25, -0.2) is 0 Å². The van der Waals surface area contributed by atoms with Gasteiger partial charge in [0.2, 0.25) is 11.8 Å². The third kappa shape index (κ3) is 6.29. The average Bonchev–Trinajstić information content (AvgIpc) is 3.20. The van der Waals surface area contributed by atoms with Crippen LogP contribution in [0.25, 0.3) is 6.08 Å².